The number of Topliss-reactive ketones (excluding diaryl/α,β-unsaturated/α-hetero) is 1. The van der Waals surface area contributed by atoms with Gasteiger partial charge in [0, 0.05) is 17.0 Å². The first kappa shape index (κ1) is 19.5. The molecule has 1 aromatic rings. The quantitative estimate of drug-likeness (QED) is 0.471. The van der Waals surface area contributed by atoms with E-state index in [0.717, 1.165) is 24.0 Å². The van der Waals surface area contributed by atoms with E-state index >= 15 is 0 Å². The number of aromatic hydroxyl groups is 1. The summed E-state index contributed by atoms with van der Waals surface area (Å²) in [6.07, 6.45) is 4.02. The molecule has 0 fully saturated rings. The lowest BCUT2D eigenvalue weighted by molar-refractivity contribution is -0.136. The number of benzene rings is 1. The molecule has 27 heavy (non-hydrogen) atoms. The lowest BCUT2D eigenvalue weighted by Gasteiger charge is -2.35. The Morgan fingerprint density at radius 1 is 1.22 bits per heavy atom. The van der Waals surface area contributed by atoms with Gasteiger partial charge in [0.1, 0.15) is 28.9 Å². The predicted molar refractivity (Wildman–Crippen MR) is 103 cm³/mol. The molecule has 2 aliphatic rings. The summed E-state index contributed by atoms with van der Waals surface area (Å²) in [5.74, 6) is -0.155. The molecule has 0 spiro atoms. The number of hydrogen-bond acceptors (Lipinski definition) is 5. The van der Waals surface area contributed by atoms with Gasteiger partial charge in [-0.15, -0.1) is 0 Å². The number of hydrogen-bond donors (Lipinski definition) is 1. The number of phenols is 1. The Hall–Kier alpha value is -2.30. The number of allylic oxidation sites excluding steroid dienone is 2. The molecule has 5 nitrogen and oxygen atoms in total. The summed E-state index contributed by atoms with van der Waals surface area (Å²) in [6, 6.07) is 0. The van der Waals surface area contributed by atoms with Gasteiger partial charge >= 0.3 is 5.97 Å². The molecule has 2 heterocycles. The van der Waals surface area contributed by atoms with Crippen molar-refractivity contribution in [2.75, 3.05) is 0 Å². The molecule has 0 bridgehead atoms. The smallest absolute Gasteiger partial charge is 0.311 e. The van der Waals surface area contributed by atoms with Gasteiger partial charge in [0.15, 0.2) is 5.78 Å². The molecular weight excluding hydrogens is 344 g/mol. The zero-order valence-corrected chi connectivity index (χ0v) is 16.7. The van der Waals surface area contributed by atoms with Crippen molar-refractivity contribution in [1.29, 1.82) is 0 Å². The van der Waals surface area contributed by atoms with Crippen LogP contribution in [0.15, 0.2) is 11.6 Å². The molecule has 0 aromatic heterocycles. The van der Waals surface area contributed by atoms with Crippen LogP contribution in [0, 0.1) is 5.92 Å². The Balaban J connectivity index is 2.31. The molecule has 3 atom stereocenters. The van der Waals surface area contributed by atoms with Gasteiger partial charge < -0.3 is 14.6 Å². The molecule has 0 aliphatic carbocycles. The van der Waals surface area contributed by atoms with E-state index in [9.17, 15) is 14.7 Å². The van der Waals surface area contributed by atoms with E-state index in [1.54, 1.807) is 0 Å². The minimum Gasteiger partial charge on any atom is -0.507 e. The Bertz CT molecular complexity index is 817. The fourth-order valence-corrected chi connectivity index (χ4v) is 3.88. The predicted octanol–water partition coefficient (Wildman–Crippen LogP) is 4.69. The van der Waals surface area contributed by atoms with Crippen LogP contribution < -0.4 is 9.47 Å². The Kier molecular flexibility index (Phi) is 5.31. The summed E-state index contributed by atoms with van der Waals surface area (Å²) in [5, 5.41) is 11.0. The summed E-state index contributed by atoms with van der Waals surface area (Å²) >= 11 is 0. The fraction of sp³-hybridized carbons (Fsp3) is 0.545. The summed E-state index contributed by atoms with van der Waals surface area (Å²) in [4.78, 5) is 25.2. The molecule has 3 rings (SSSR count). The fourth-order valence-electron chi connectivity index (χ4n) is 3.88. The molecule has 5 heteroatoms. The number of phenolic OH excluding ortho intramolecular Hbond substituents is 1. The minimum atomic E-state index is -0.339. The first-order chi connectivity index (χ1) is 12.8. The van der Waals surface area contributed by atoms with Crippen LogP contribution in [-0.4, -0.2) is 23.0 Å². The van der Waals surface area contributed by atoms with Gasteiger partial charge in [-0.05, 0) is 33.6 Å². The number of rotatable bonds is 4. The van der Waals surface area contributed by atoms with Crippen molar-refractivity contribution in [2.45, 2.75) is 72.3 Å². The van der Waals surface area contributed by atoms with Gasteiger partial charge in [0.25, 0.3) is 0 Å². The maximum absolute atomic E-state index is 13.0. The molecule has 0 unspecified atom stereocenters. The van der Waals surface area contributed by atoms with Crippen LogP contribution >= 0.6 is 0 Å². The molecule has 0 saturated heterocycles. The third-order valence-corrected chi connectivity index (χ3v) is 5.57. The molecule has 0 saturated carbocycles. The van der Waals surface area contributed by atoms with E-state index in [1.165, 1.54) is 0 Å². The van der Waals surface area contributed by atoms with Crippen LogP contribution in [0.25, 0.3) is 0 Å². The second-order valence-electron chi connectivity index (χ2n) is 7.90. The normalized spacial score (nSPS) is 23.8. The van der Waals surface area contributed by atoms with Crippen LogP contribution in [0.4, 0.5) is 0 Å². The van der Waals surface area contributed by atoms with Crippen molar-refractivity contribution in [3.63, 3.8) is 0 Å². The van der Waals surface area contributed by atoms with E-state index in [-0.39, 0.29) is 47.4 Å². The Labute approximate surface area is 160 Å². The highest BCUT2D eigenvalue weighted by Crippen LogP contribution is 2.53. The number of ketones is 1. The van der Waals surface area contributed by atoms with Crippen LogP contribution in [0.1, 0.15) is 81.3 Å². The average molecular weight is 372 g/mol. The van der Waals surface area contributed by atoms with E-state index in [1.807, 2.05) is 33.8 Å². The van der Waals surface area contributed by atoms with Gasteiger partial charge in [0.2, 0.25) is 0 Å². The van der Waals surface area contributed by atoms with E-state index in [4.69, 9.17) is 9.47 Å². The van der Waals surface area contributed by atoms with E-state index in [2.05, 4.69) is 6.92 Å². The topological polar surface area (TPSA) is 72.8 Å². The van der Waals surface area contributed by atoms with Gasteiger partial charge in [-0.25, -0.2) is 0 Å². The summed E-state index contributed by atoms with van der Waals surface area (Å²) < 4.78 is 11.7. The number of fused-ring (bicyclic) bond motifs is 3. The molecule has 0 amide bonds. The number of ether oxygens (including phenoxy) is 2. The van der Waals surface area contributed by atoms with Crippen LogP contribution in [0.3, 0.4) is 0 Å². The zero-order valence-electron chi connectivity index (χ0n) is 16.7. The standard InChI is InChI=1S/C22H28O5/c1-6-7-14-10-16(23)27-21-15(9-8-11(2)3)20(25)18-19(24)12(4)13(5)26-22(18)17(14)21/h8,12-14,25H,6-7,9-10H2,1-5H3/t12-,13-,14-/m0/s1. The third-order valence-electron chi connectivity index (χ3n) is 5.57. The average Bonchev–Trinajstić information content (AvgIpc) is 2.58. The second-order valence-corrected chi connectivity index (χ2v) is 7.90. The first-order valence-corrected chi connectivity index (χ1v) is 9.72. The molecule has 1 N–H and O–H groups in total. The maximum atomic E-state index is 13.0. The summed E-state index contributed by atoms with van der Waals surface area (Å²) in [5.41, 5.74) is 2.60. The van der Waals surface area contributed by atoms with E-state index < -0.39 is 0 Å². The Morgan fingerprint density at radius 3 is 2.56 bits per heavy atom. The van der Waals surface area contributed by atoms with Crippen molar-refractivity contribution in [1.82, 2.24) is 0 Å². The second kappa shape index (κ2) is 7.37. The van der Waals surface area contributed by atoms with Crippen LogP contribution in [0.2, 0.25) is 0 Å². The highest BCUT2D eigenvalue weighted by atomic mass is 16.5. The number of esters is 1. The first-order valence-electron chi connectivity index (χ1n) is 9.72. The molecule has 0 radical (unpaired) electrons. The minimum absolute atomic E-state index is 0.0699. The summed E-state index contributed by atoms with van der Waals surface area (Å²) in [6.45, 7) is 9.66. The molecule has 1 aromatic carbocycles. The number of carbonyl (C=O) groups excluding carboxylic acids is 2. The number of carbonyl (C=O) groups is 2. The van der Waals surface area contributed by atoms with Crippen LogP contribution in [-0.2, 0) is 11.2 Å². The van der Waals surface area contributed by atoms with Crippen molar-refractivity contribution in [3.8, 4) is 17.2 Å². The summed E-state index contributed by atoms with van der Waals surface area (Å²) in [7, 11) is 0. The van der Waals surface area contributed by atoms with Crippen molar-refractivity contribution in [3.05, 3.63) is 28.3 Å². The lowest BCUT2D eigenvalue weighted by Crippen LogP contribution is -2.35. The Morgan fingerprint density at radius 2 is 1.93 bits per heavy atom. The van der Waals surface area contributed by atoms with Crippen molar-refractivity contribution in [2.24, 2.45) is 5.92 Å². The van der Waals surface area contributed by atoms with Gasteiger partial charge in [-0.3, -0.25) is 9.59 Å². The highest BCUT2D eigenvalue weighted by molar-refractivity contribution is 6.05. The SMILES string of the molecule is CCC[C@H]1CC(=O)Oc2c(CC=C(C)C)c(O)c3c(c21)O[C@@H](C)[C@H](C)C3=O. The van der Waals surface area contributed by atoms with E-state index in [0.29, 0.717) is 23.5 Å². The van der Waals surface area contributed by atoms with Gasteiger partial charge in [-0.2, -0.15) is 0 Å². The molecule has 146 valence electrons. The van der Waals surface area contributed by atoms with Gasteiger partial charge in [0.05, 0.1) is 12.3 Å². The van der Waals surface area contributed by atoms with Crippen molar-refractivity contribution < 1.29 is 24.2 Å². The molecular formula is C22H28O5. The van der Waals surface area contributed by atoms with Crippen molar-refractivity contribution >= 4 is 11.8 Å². The van der Waals surface area contributed by atoms with Gasteiger partial charge in [-0.1, -0.05) is 31.9 Å². The maximum Gasteiger partial charge on any atom is 0.311 e. The zero-order chi connectivity index (χ0) is 19.9. The third kappa shape index (κ3) is 3.35. The lowest BCUT2D eigenvalue weighted by atomic mass is 9.80. The highest BCUT2D eigenvalue weighted by Gasteiger charge is 2.42. The largest absolute Gasteiger partial charge is 0.507 e. The molecule has 2 aliphatic heterocycles. The monoisotopic (exact) mass is 372 g/mol. The van der Waals surface area contributed by atoms with Crippen LogP contribution in [0.5, 0.6) is 17.2 Å².